The first kappa shape index (κ1) is 16.6. The molecule has 132 valence electrons. The lowest BCUT2D eigenvalue weighted by molar-refractivity contribution is 0.307. The second-order valence-electron chi connectivity index (χ2n) is 6.28. The summed E-state index contributed by atoms with van der Waals surface area (Å²) in [4.78, 5) is 20.6. The number of pyridine rings is 2. The highest BCUT2D eigenvalue weighted by atomic mass is 32.1. The van der Waals surface area contributed by atoms with Gasteiger partial charge in [-0.15, -0.1) is 11.3 Å². The average Bonchev–Trinajstić information content (AvgIpc) is 2.86. The molecule has 0 amide bonds. The summed E-state index contributed by atoms with van der Waals surface area (Å²) in [6.07, 6.45) is 12.0. The van der Waals surface area contributed by atoms with Gasteiger partial charge in [0.15, 0.2) is 0 Å². The Kier molecular flexibility index (Phi) is 4.12. The Bertz CT molecular complexity index is 1150. The number of fused-ring (bicyclic) bond motifs is 3. The molecule has 0 N–H and O–H groups in total. The van der Waals surface area contributed by atoms with Crippen molar-refractivity contribution in [3.8, 4) is 0 Å². The molecule has 0 unspecified atom stereocenters. The molecule has 0 radical (unpaired) electrons. The molecule has 3 aromatic rings. The van der Waals surface area contributed by atoms with Gasteiger partial charge in [0.25, 0.3) is 5.56 Å². The van der Waals surface area contributed by atoms with E-state index in [1.165, 1.54) is 11.3 Å². The van der Waals surface area contributed by atoms with E-state index in [1.54, 1.807) is 17.9 Å². The van der Waals surface area contributed by atoms with E-state index in [1.807, 2.05) is 56.7 Å². The summed E-state index contributed by atoms with van der Waals surface area (Å²) in [7, 11) is 5.64. The molecule has 0 atom stereocenters. The predicted molar refractivity (Wildman–Crippen MR) is 109 cm³/mol. The van der Waals surface area contributed by atoms with E-state index in [2.05, 4.69) is 9.88 Å². The van der Waals surface area contributed by atoms with Crippen LogP contribution in [0, 0.1) is 0 Å². The highest BCUT2D eigenvalue weighted by molar-refractivity contribution is 7.25. The van der Waals surface area contributed by atoms with E-state index in [4.69, 9.17) is 4.74 Å². The smallest absolute Gasteiger partial charge is 0.272 e. The molecule has 4 rings (SSSR count). The Morgan fingerprint density at radius 1 is 1.27 bits per heavy atom. The van der Waals surface area contributed by atoms with Crippen LogP contribution in [0.3, 0.4) is 0 Å². The van der Waals surface area contributed by atoms with Gasteiger partial charge >= 0.3 is 0 Å². The van der Waals surface area contributed by atoms with E-state index in [9.17, 15) is 4.79 Å². The second-order valence-corrected chi connectivity index (χ2v) is 7.28. The summed E-state index contributed by atoms with van der Waals surface area (Å²) in [6.45, 7) is 0. The summed E-state index contributed by atoms with van der Waals surface area (Å²) in [5, 5.41) is 2.00. The van der Waals surface area contributed by atoms with Crippen LogP contribution in [0.15, 0.2) is 59.4 Å². The molecule has 0 bridgehead atoms. The monoisotopic (exact) mass is 365 g/mol. The number of thiophene rings is 1. The minimum Gasteiger partial charge on any atom is -0.497 e. The van der Waals surface area contributed by atoms with Crippen LogP contribution in [-0.2, 0) is 4.74 Å². The molecule has 6 heteroatoms. The zero-order valence-corrected chi connectivity index (χ0v) is 15.7. The largest absolute Gasteiger partial charge is 0.497 e. The Labute approximate surface area is 155 Å². The van der Waals surface area contributed by atoms with Gasteiger partial charge < -0.3 is 9.64 Å². The van der Waals surface area contributed by atoms with Crippen LogP contribution in [0.1, 0.15) is 6.42 Å². The van der Waals surface area contributed by atoms with E-state index >= 15 is 0 Å². The first-order valence-corrected chi connectivity index (χ1v) is 9.14. The predicted octanol–water partition coefficient (Wildman–Crippen LogP) is 4.01. The standard InChI is InChI=1S/C20H19N3O2S/c1-22(2)16-9-11-21-19-17(16)15-10-12-23(20(24)18(15)26-19)13-5-4-6-14(25-3)8-7-13/h4,6-12H,5H2,1-3H3. The summed E-state index contributed by atoms with van der Waals surface area (Å²) in [5.41, 5.74) is 1.98. The van der Waals surface area contributed by atoms with Gasteiger partial charge in [0, 0.05) is 55.1 Å². The number of methoxy groups -OCH3 is 1. The van der Waals surface area contributed by atoms with Gasteiger partial charge in [-0.2, -0.15) is 0 Å². The SMILES string of the molecule is COC1=CC=C(n2ccc3c(sc4nccc(N(C)C)c43)c2=O)CC=C1. The number of hydrogen-bond donors (Lipinski definition) is 0. The van der Waals surface area contributed by atoms with Crippen molar-refractivity contribution in [3.05, 3.63) is 64.9 Å². The van der Waals surface area contributed by atoms with Gasteiger partial charge in [0.1, 0.15) is 15.3 Å². The fourth-order valence-electron chi connectivity index (χ4n) is 3.18. The van der Waals surface area contributed by atoms with Crippen LogP contribution in [0.5, 0.6) is 0 Å². The minimum atomic E-state index is -0.0101. The third-order valence-corrected chi connectivity index (χ3v) is 5.59. The van der Waals surface area contributed by atoms with Crippen molar-refractivity contribution in [2.45, 2.75) is 6.42 Å². The van der Waals surface area contributed by atoms with Gasteiger partial charge in [0.05, 0.1) is 7.11 Å². The fraction of sp³-hybridized carbons (Fsp3) is 0.200. The summed E-state index contributed by atoms with van der Waals surface area (Å²) in [5.74, 6) is 0.774. The molecule has 3 aromatic heterocycles. The number of allylic oxidation sites excluding steroid dienone is 5. The van der Waals surface area contributed by atoms with E-state index in [0.29, 0.717) is 6.42 Å². The molecule has 1 aliphatic rings. The topological polar surface area (TPSA) is 47.4 Å². The van der Waals surface area contributed by atoms with E-state index in [0.717, 1.165) is 37.4 Å². The number of rotatable bonds is 3. The van der Waals surface area contributed by atoms with Gasteiger partial charge in [-0.05, 0) is 30.4 Å². The summed E-state index contributed by atoms with van der Waals surface area (Å²) in [6, 6.07) is 4.00. The van der Waals surface area contributed by atoms with Crippen LogP contribution in [0.4, 0.5) is 5.69 Å². The lowest BCUT2D eigenvalue weighted by Crippen LogP contribution is -2.17. The van der Waals surface area contributed by atoms with Crippen LogP contribution < -0.4 is 10.5 Å². The molecule has 0 aromatic carbocycles. The van der Waals surface area contributed by atoms with Crippen LogP contribution >= 0.6 is 11.3 Å². The van der Waals surface area contributed by atoms with Crippen molar-refractivity contribution >= 4 is 43.0 Å². The van der Waals surface area contributed by atoms with Gasteiger partial charge in [0.2, 0.25) is 0 Å². The summed E-state index contributed by atoms with van der Waals surface area (Å²) < 4.78 is 7.71. The van der Waals surface area contributed by atoms with Gasteiger partial charge in [-0.3, -0.25) is 9.36 Å². The molecule has 3 heterocycles. The number of ether oxygens (including phenoxy) is 1. The first-order chi connectivity index (χ1) is 12.6. The maximum atomic E-state index is 13.2. The Morgan fingerprint density at radius 3 is 2.88 bits per heavy atom. The van der Waals surface area contributed by atoms with E-state index in [-0.39, 0.29) is 5.56 Å². The van der Waals surface area contributed by atoms with Crippen molar-refractivity contribution in [2.75, 3.05) is 26.1 Å². The molecular formula is C20H19N3O2S. The van der Waals surface area contributed by atoms with Crippen molar-refractivity contribution in [1.82, 2.24) is 9.55 Å². The molecule has 0 spiro atoms. The van der Waals surface area contributed by atoms with Crippen molar-refractivity contribution < 1.29 is 4.74 Å². The van der Waals surface area contributed by atoms with Crippen molar-refractivity contribution in [2.24, 2.45) is 0 Å². The lowest BCUT2D eigenvalue weighted by atomic mass is 10.2. The van der Waals surface area contributed by atoms with Crippen molar-refractivity contribution in [3.63, 3.8) is 0 Å². The number of nitrogens with zero attached hydrogens (tertiary/aromatic N) is 3. The maximum Gasteiger partial charge on any atom is 0.272 e. The quantitative estimate of drug-likeness (QED) is 0.704. The van der Waals surface area contributed by atoms with Crippen LogP contribution in [0.25, 0.3) is 26.0 Å². The highest BCUT2D eigenvalue weighted by Gasteiger charge is 2.16. The fourth-order valence-corrected chi connectivity index (χ4v) is 4.27. The molecular weight excluding hydrogens is 346 g/mol. The number of hydrogen-bond acceptors (Lipinski definition) is 5. The zero-order chi connectivity index (χ0) is 18.3. The minimum absolute atomic E-state index is 0.0101. The number of anilines is 1. The Morgan fingerprint density at radius 2 is 2.12 bits per heavy atom. The highest BCUT2D eigenvalue weighted by Crippen LogP contribution is 2.36. The van der Waals surface area contributed by atoms with Gasteiger partial charge in [-0.25, -0.2) is 4.98 Å². The molecule has 0 fully saturated rings. The molecule has 1 aliphatic carbocycles. The van der Waals surface area contributed by atoms with Crippen LogP contribution in [0.2, 0.25) is 0 Å². The third kappa shape index (κ3) is 2.63. The zero-order valence-electron chi connectivity index (χ0n) is 14.9. The molecule has 0 aliphatic heterocycles. The molecule has 26 heavy (non-hydrogen) atoms. The molecule has 5 nitrogen and oxygen atoms in total. The average molecular weight is 365 g/mol. The third-order valence-electron chi connectivity index (χ3n) is 4.49. The normalized spacial score (nSPS) is 14.3. The van der Waals surface area contributed by atoms with E-state index < -0.39 is 0 Å². The lowest BCUT2D eigenvalue weighted by Gasteiger charge is -2.13. The van der Waals surface area contributed by atoms with Crippen LogP contribution in [-0.4, -0.2) is 30.8 Å². The first-order valence-electron chi connectivity index (χ1n) is 8.32. The maximum absolute atomic E-state index is 13.2. The second kappa shape index (κ2) is 6.46. The molecule has 0 saturated carbocycles. The van der Waals surface area contributed by atoms with Gasteiger partial charge in [-0.1, -0.05) is 6.08 Å². The Balaban J connectivity index is 1.94. The summed E-state index contributed by atoms with van der Waals surface area (Å²) >= 11 is 1.45. The molecule has 0 saturated heterocycles. The van der Waals surface area contributed by atoms with Crippen molar-refractivity contribution in [1.29, 1.82) is 0 Å². The Hall–Kier alpha value is -2.86. The number of aromatic nitrogens is 2.